The largest absolute Gasteiger partial charge is 0.507 e. The molecule has 0 aliphatic carbocycles. The molecule has 1 N–H and O–H groups in total. The highest BCUT2D eigenvalue weighted by Crippen LogP contribution is 2.51. The Morgan fingerprint density at radius 1 is 0.652 bits per heavy atom. The lowest BCUT2D eigenvalue weighted by Crippen LogP contribution is -1.97. The minimum atomic E-state index is 0.0978. The van der Waals surface area contributed by atoms with E-state index >= 15 is 0 Å². The van der Waals surface area contributed by atoms with E-state index in [4.69, 9.17) is 18.9 Å². The summed E-state index contributed by atoms with van der Waals surface area (Å²) in [6.07, 6.45) is 0. The number of rotatable bonds is 4. The SMILES string of the molecule is COc1cccc2c(OC)c3c(O)ccc(OC)c3c(OC)c12. The molecular formula is C18H18O5. The van der Waals surface area contributed by atoms with E-state index in [1.807, 2.05) is 18.2 Å². The molecule has 0 aliphatic heterocycles. The van der Waals surface area contributed by atoms with Crippen LogP contribution in [0.15, 0.2) is 30.3 Å². The molecule has 0 radical (unpaired) electrons. The molecule has 23 heavy (non-hydrogen) atoms. The fourth-order valence-electron chi connectivity index (χ4n) is 3.00. The van der Waals surface area contributed by atoms with E-state index in [0.29, 0.717) is 33.8 Å². The predicted molar refractivity (Wildman–Crippen MR) is 89.3 cm³/mol. The Balaban J connectivity index is 2.69. The Labute approximate surface area is 134 Å². The van der Waals surface area contributed by atoms with E-state index in [1.165, 1.54) is 0 Å². The van der Waals surface area contributed by atoms with Crippen LogP contribution in [-0.2, 0) is 0 Å². The summed E-state index contributed by atoms with van der Waals surface area (Å²) < 4.78 is 22.2. The smallest absolute Gasteiger partial charge is 0.142 e. The molecule has 0 atom stereocenters. The predicted octanol–water partition coefficient (Wildman–Crippen LogP) is 3.73. The highest BCUT2D eigenvalue weighted by molar-refractivity contribution is 6.16. The first kappa shape index (κ1) is 15.1. The van der Waals surface area contributed by atoms with Crippen LogP contribution < -0.4 is 18.9 Å². The number of aromatic hydroxyl groups is 1. The van der Waals surface area contributed by atoms with Gasteiger partial charge >= 0.3 is 0 Å². The molecule has 120 valence electrons. The van der Waals surface area contributed by atoms with Crippen LogP contribution in [0.2, 0.25) is 0 Å². The fraction of sp³-hybridized carbons (Fsp3) is 0.222. The summed E-state index contributed by atoms with van der Waals surface area (Å²) in [5.41, 5.74) is 0. The summed E-state index contributed by atoms with van der Waals surface area (Å²) in [5.74, 6) is 2.46. The molecule has 0 fully saturated rings. The Bertz CT molecular complexity index is 886. The van der Waals surface area contributed by atoms with Gasteiger partial charge in [-0.25, -0.2) is 0 Å². The van der Waals surface area contributed by atoms with E-state index in [9.17, 15) is 5.11 Å². The van der Waals surface area contributed by atoms with Crippen molar-refractivity contribution in [2.24, 2.45) is 0 Å². The van der Waals surface area contributed by atoms with Crippen molar-refractivity contribution < 1.29 is 24.1 Å². The Kier molecular flexibility index (Phi) is 3.78. The molecule has 3 aromatic carbocycles. The fourth-order valence-corrected chi connectivity index (χ4v) is 3.00. The third kappa shape index (κ3) is 2.08. The summed E-state index contributed by atoms with van der Waals surface area (Å²) >= 11 is 0. The van der Waals surface area contributed by atoms with Gasteiger partial charge in [-0.1, -0.05) is 12.1 Å². The quantitative estimate of drug-likeness (QED) is 0.744. The van der Waals surface area contributed by atoms with Gasteiger partial charge in [0.25, 0.3) is 0 Å². The minimum absolute atomic E-state index is 0.0978. The summed E-state index contributed by atoms with van der Waals surface area (Å²) in [7, 11) is 6.32. The summed E-state index contributed by atoms with van der Waals surface area (Å²) in [6.45, 7) is 0. The molecule has 0 spiro atoms. The van der Waals surface area contributed by atoms with E-state index in [-0.39, 0.29) is 5.75 Å². The van der Waals surface area contributed by atoms with Gasteiger partial charge in [-0.2, -0.15) is 0 Å². The van der Waals surface area contributed by atoms with Gasteiger partial charge < -0.3 is 24.1 Å². The van der Waals surface area contributed by atoms with E-state index in [0.717, 1.165) is 10.8 Å². The average Bonchev–Trinajstić information content (AvgIpc) is 2.59. The van der Waals surface area contributed by atoms with Crippen molar-refractivity contribution in [2.45, 2.75) is 0 Å². The van der Waals surface area contributed by atoms with Gasteiger partial charge in [0.15, 0.2) is 0 Å². The second-order valence-corrected chi connectivity index (χ2v) is 4.99. The average molecular weight is 314 g/mol. The number of hydrogen-bond donors (Lipinski definition) is 1. The lowest BCUT2D eigenvalue weighted by molar-refractivity contribution is 0.396. The van der Waals surface area contributed by atoms with Crippen molar-refractivity contribution in [1.29, 1.82) is 0 Å². The molecule has 5 nitrogen and oxygen atoms in total. The standard InChI is InChI=1S/C18H18O5/c1-20-12-7-5-6-10-14(12)18(23-4)16-13(21-2)9-8-11(19)15(16)17(10)22-3/h5-9,19H,1-4H3. The maximum absolute atomic E-state index is 10.4. The molecular weight excluding hydrogens is 296 g/mol. The topological polar surface area (TPSA) is 57.2 Å². The highest BCUT2D eigenvalue weighted by atomic mass is 16.5. The molecule has 0 unspecified atom stereocenters. The van der Waals surface area contributed by atoms with Crippen molar-refractivity contribution in [2.75, 3.05) is 28.4 Å². The minimum Gasteiger partial charge on any atom is -0.507 e. The second kappa shape index (κ2) is 5.76. The van der Waals surface area contributed by atoms with E-state index in [2.05, 4.69) is 0 Å². The van der Waals surface area contributed by atoms with E-state index < -0.39 is 0 Å². The first-order valence-corrected chi connectivity index (χ1v) is 7.08. The highest BCUT2D eigenvalue weighted by Gasteiger charge is 2.23. The van der Waals surface area contributed by atoms with Crippen molar-refractivity contribution in [3.05, 3.63) is 30.3 Å². The molecule has 0 saturated heterocycles. The van der Waals surface area contributed by atoms with Crippen molar-refractivity contribution in [3.8, 4) is 28.7 Å². The molecule has 0 aliphatic rings. The molecule has 0 amide bonds. The van der Waals surface area contributed by atoms with Crippen LogP contribution in [0.4, 0.5) is 0 Å². The number of phenols is 1. The maximum Gasteiger partial charge on any atom is 0.142 e. The van der Waals surface area contributed by atoms with Gasteiger partial charge in [-0.05, 0) is 18.2 Å². The lowest BCUT2D eigenvalue weighted by atomic mass is 9.98. The first-order chi connectivity index (χ1) is 11.2. The van der Waals surface area contributed by atoms with Crippen molar-refractivity contribution in [3.63, 3.8) is 0 Å². The number of hydrogen-bond acceptors (Lipinski definition) is 5. The Morgan fingerprint density at radius 2 is 1.30 bits per heavy atom. The number of methoxy groups -OCH3 is 4. The summed E-state index contributed by atoms with van der Waals surface area (Å²) in [4.78, 5) is 0. The molecule has 3 rings (SSSR count). The summed E-state index contributed by atoms with van der Waals surface area (Å²) in [5, 5.41) is 13.1. The molecule has 0 bridgehead atoms. The molecule has 0 saturated carbocycles. The van der Waals surface area contributed by atoms with Crippen molar-refractivity contribution in [1.82, 2.24) is 0 Å². The third-order valence-corrected chi connectivity index (χ3v) is 3.95. The van der Waals surface area contributed by atoms with Crippen LogP contribution in [0, 0.1) is 0 Å². The van der Waals surface area contributed by atoms with Gasteiger partial charge in [0, 0.05) is 5.39 Å². The van der Waals surface area contributed by atoms with Crippen LogP contribution in [0.1, 0.15) is 0 Å². The number of ether oxygens (including phenoxy) is 4. The molecule has 3 aromatic rings. The molecule has 0 aromatic heterocycles. The van der Waals surface area contributed by atoms with Crippen molar-refractivity contribution >= 4 is 21.5 Å². The van der Waals surface area contributed by atoms with Gasteiger partial charge in [-0.3, -0.25) is 0 Å². The van der Waals surface area contributed by atoms with Gasteiger partial charge in [0.2, 0.25) is 0 Å². The molecule has 5 heteroatoms. The zero-order chi connectivity index (χ0) is 16.6. The van der Waals surface area contributed by atoms with Gasteiger partial charge in [0.05, 0.1) is 44.6 Å². The number of phenolic OH excluding ortho intramolecular Hbond substituents is 1. The normalized spacial score (nSPS) is 10.8. The number of fused-ring (bicyclic) bond motifs is 2. The van der Waals surface area contributed by atoms with Crippen LogP contribution in [0.5, 0.6) is 28.7 Å². The monoisotopic (exact) mass is 314 g/mol. The zero-order valence-corrected chi connectivity index (χ0v) is 13.5. The van der Waals surface area contributed by atoms with Crippen LogP contribution in [0.3, 0.4) is 0 Å². The van der Waals surface area contributed by atoms with Crippen LogP contribution in [-0.4, -0.2) is 33.5 Å². The van der Waals surface area contributed by atoms with Gasteiger partial charge in [0.1, 0.15) is 28.7 Å². The van der Waals surface area contributed by atoms with E-state index in [1.54, 1.807) is 40.6 Å². The Morgan fingerprint density at radius 3 is 1.91 bits per heavy atom. The van der Waals surface area contributed by atoms with Gasteiger partial charge in [-0.15, -0.1) is 0 Å². The first-order valence-electron chi connectivity index (χ1n) is 7.08. The van der Waals surface area contributed by atoms with Crippen LogP contribution >= 0.6 is 0 Å². The Hall–Kier alpha value is -2.82. The van der Waals surface area contributed by atoms with Crippen LogP contribution in [0.25, 0.3) is 21.5 Å². The maximum atomic E-state index is 10.4. The second-order valence-electron chi connectivity index (χ2n) is 4.99. The third-order valence-electron chi connectivity index (χ3n) is 3.95. The lowest BCUT2D eigenvalue weighted by Gasteiger charge is -2.19. The summed E-state index contributed by atoms with van der Waals surface area (Å²) in [6, 6.07) is 8.89. The molecule has 0 heterocycles. The number of benzene rings is 3. The zero-order valence-electron chi connectivity index (χ0n) is 13.5.